The molecular weight excluding hydrogens is 483 g/mol. The fraction of sp³-hybridized carbons (Fsp3) is 0.250. The van der Waals surface area contributed by atoms with Crippen LogP contribution >= 0.6 is 0 Å². The van der Waals surface area contributed by atoms with Crippen molar-refractivity contribution in [1.29, 1.82) is 0 Å². The van der Waals surface area contributed by atoms with Crippen LogP contribution in [-0.4, -0.2) is 61.5 Å². The third kappa shape index (κ3) is 5.40. The van der Waals surface area contributed by atoms with Gasteiger partial charge in [-0.2, -0.15) is 9.97 Å². The van der Waals surface area contributed by atoms with Crippen LogP contribution in [0.15, 0.2) is 54.7 Å². The van der Waals surface area contributed by atoms with Gasteiger partial charge in [-0.1, -0.05) is 18.2 Å². The molecule has 36 heavy (non-hydrogen) atoms. The maximum absolute atomic E-state index is 15.0. The Morgan fingerprint density at radius 2 is 1.83 bits per heavy atom. The maximum atomic E-state index is 15.0. The number of H-pyrrole nitrogens is 1. The molecule has 0 radical (unpaired) electrons. The molecule has 188 valence electrons. The lowest BCUT2D eigenvalue weighted by atomic mass is 10.2. The number of rotatable bonds is 7. The summed E-state index contributed by atoms with van der Waals surface area (Å²) in [5.41, 5.74) is 2.72. The minimum atomic E-state index is -3.72. The summed E-state index contributed by atoms with van der Waals surface area (Å²) in [6, 6.07) is 13.8. The van der Waals surface area contributed by atoms with Crippen molar-refractivity contribution in [3.8, 4) is 0 Å². The summed E-state index contributed by atoms with van der Waals surface area (Å²) in [6.45, 7) is 3.32. The summed E-state index contributed by atoms with van der Waals surface area (Å²) in [5, 5.41) is 12.2. The Morgan fingerprint density at radius 3 is 2.58 bits per heavy atom. The molecule has 2 aromatic heterocycles. The Morgan fingerprint density at radius 1 is 1.06 bits per heavy atom. The van der Waals surface area contributed by atoms with E-state index in [-0.39, 0.29) is 17.5 Å². The third-order valence-electron chi connectivity index (χ3n) is 6.09. The number of primary sulfonamides is 1. The van der Waals surface area contributed by atoms with Gasteiger partial charge in [-0.15, -0.1) is 0 Å². The van der Waals surface area contributed by atoms with Gasteiger partial charge in [-0.25, -0.2) is 17.9 Å². The van der Waals surface area contributed by atoms with Gasteiger partial charge in [0.15, 0.2) is 0 Å². The zero-order valence-corrected chi connectivity index (χ0v) is 20.5. The number of piperazine rings is 1. The normalized spacial score (nSPS) is 14.8. The number of benzene rings is 2. The smallest absolute Gasteiger partial charge is 0.231 e. The average molecular weight is 511 g/mol. The number of nitrogens with two attached hydrogens (primary N) is 1. The van der Waals surface area contributed by atoms with Gasteiger partial charge >= 0.3 is 0 Å². The van der Waals surface area contributed by atoms with Gasteiger partial charge in [0.1, 0.15) is 17.3 Å². The second kappa shape index (κ2) is 9.72. The van der Waals surface area contributed by atoms with Crippen LogP contribution in [0.5, 0.6) is 0 Å². The van der Waals surface area contributed by atoms with E-state index in [9.17, 15) is 12.8 Å². The van der Waals surface area contributed by atoms with Crippen molar-refractivity contribution >= 4 is 49.9 Å². The first-order valence-electron chi connectivity index (χ1n) is 11.5. The van der Waals surface area contributed by atoms with E-state index in [1.807, 2.05) is 11.0 Å². The second-order valence-corrected chi connectivity index (χ2v) is 10.4. The largest absolute Gasteiger partial charge is 0.367 e. The van der Waals surface area contributed by atoms with E-state index < -0.39 is 10.0 Å². The Kier molecular flexibility index (Phi) is 6.48. The summed E-state index contributed by atoms with van der Waals surface area (Å²) < 4.78 is 38.3. The van der Waals surface area contributed by atoms with Crippen LogP contribution in [0, 0.1) is 5.82 Å². The number of hydrogen-bond donors (Lipinski definition) is 4. The molecule has 2 aromatic carbocycles. The number of nitrogens with one attached hydrogen (secondary N) is 3. The summed E-state index contributed by atoms with van der Waals surface area (Å²) in [5.74, 6) is 0.0748. The van der Waals surface area contributed by atoms with Crippen LogP contribution in [0.25, 0.3) is 11.0 Å². The summed E-state index contributed by atoms with van der Waals surface area (Å²) >= 11 is 0. The molecule has 0 saturated carbocycles. The highest BCUT2D eigenvalue weighted by Crippen LogP contribution is 2.29. The third-order valence-corrected chi connectivity index (χ3v) is 6.80. The lowest BCUT2D eigenvalue weighted by Crippen LogP contribution is -2.44. The zero-order valence-electron chi connectivity index (χ0n) is 19.7. The number of fused-ring (bicyclic) bond motifs is 1. The number of aromatic amines is 1. The summed E-state index contributed by atoms with van der Waals surface area (Å²) in [4.78, 5) is 16.4. The molecule has 1 saturated heterocycles. The van der Waals surface area contributed by atoms with Gasteiger partial charge < -0.3 is 25.4 Å². The van der Waals surface area contributed by atoms with Gasteiger partial charge in [-0.3, -0.25) is 0 Å². The SMILES string of the molecule is CN1CCN(c2ccc(Nc3nc(Nc4ccccc4CS(N)(=O)=O)c4cc[nH]c4n3)cc2F)CC1. The predicted octanol–water partition coefficient (Wildman–Crippen LogP) is 3.12. The average Bonchev–Trinajstić information content (AvgIpc) is 3.29. The monoisotopic (exact) mass is 510 g/mol. The number of anilines is 5. The Balaban J connectivity index is 1.41. The quantitative estimate of drug-likeness (QED) is 0.298. The highest BCUT2D eigenvalue weighted by atomic mass is 32.2. The van der Waals surface area contributed by atoms with Crippen LogP contribution in [0.1, 0.15) is 5.56 Å². The fourth-order valence-corrected chi connectivity index (χ4v) is 4.91. The minimum absolute atomic E-state index is 0.253. The van der Waals surface area contributed by atoms with E-state index in [0.717, 1.165) is 26.2 Å². The first kappa shape index (κ1) is 24.0. The molecule has 3 heterocycles. The molecule has 5 N–H and O–H groups in total. The molecule has 0 spiro atoms. The van der Waals surface area contributed by atoms with Gasteiger partial charge in [0, 0.05) is 43.8 Å². The topological polar surface area (TPSA) is 132 Å². The number of sulfonamides is 1. The molecule has 0 amide bonds. The number of likely N-dealkylation sites (N-methyl/N-ethyl adjacent to an activating group) is 1. The highest BCUT2D eigenvalue weighted by Gasteiger charge is 2.18. The molecule has 0 bridgehead atoms. The van der Waals surface area contributed by atoms with E-state index in [1.165, 1.54) is 6.07 Å². The molecule has 1 fully saturated rings. The Hall–Kier alpha value is -3.74. The Labute approximate surface area is 208 Å². The molecule has 4 aromatic rings. The predicted molar refractivity (Wildman–Crippen MR) is 140 cm³/mol. The minimum Gasteiger partial charge on any atom is -0.367 e. The van der Waals surface area contributed by atoms with E-state index in [1.54, 1.807) is 42.6 Å². The first-order chi connectivity index (χ1) is 17.2. The van der Waals surface area contributed by atoms with Crippen LogP contribution in [0.2, 0.25) is 0 Å². The van der Waals surface area contributed by atoms with Crippen molar-refractivity contribution in [2.75, 3.05) is 48.8 Å². The molecule has 1 aliphatic heterocycles. The van der Waals surface area contributed by atoms with Crippen molar-refractivity contribution < 1.29 is 12.8 Å². The second-order valence-electron chi connectivity index (χ2n) is 8.81. The van der Waals surface area contributed by atoms with Crippen LogP contribution < -0.4 is 20.7 Å². The molecule has 0 unspecified atom stereocenters. The summed E-state index contributed by atoms with van der Waals surface area (Å²) in [7, 11) is -1.66. The van der Waals surface area contributed by atoms with E-state index in [2.05, 4.69) is 37.5 Å². The van der Waals surface area contributed by atoms with Crippen molar-refractivity contribution in [1.82, 2.24) is 19.9 Å². The van der Waals surface area contributed by atoms with Gasteiger partial charge in [0.25, 0.3) is 0 Å². The lowest BCUT2D eigenvalue weighted by molar-refractivity contribution is 0.311. The number of halogens is 1. The number of nitrogens with zero attached hydrogens (tertiary/aromatic N) is 4. The standard InChI is InChI=1S/C24H27FN8O2S/c1-32-10-12-33(13-11-32)21-7-6-17(14-19(21)25)28-24-30-22-18(8-9-27-22)23(31-24)29-20-5-3-2-4-16(20)15-36(26,34)35/h2-9,14H,10-13,15H2,1H3,(H2,26,34,35)(H3,27,28,29,30,31). The maximum Gasteiger partial charge on any atom is 0.231 e. The van der Waals surface area contributed by atoms with E-state index in [0.29, 0.717) is 39.5 Å². The Bertz CT molecular complexity index is 1500. The molecule has 12 heteroatoms. The lowest BCUT2D eigenvalue weighted by Gasteiger charge is -2.34. The van der Waals surface area contributed by atoms with Crippen molar-refractivity contribution in [3.63, 3.8) is 0 Å². The fourth-order valence-electron chi connectivity index (χ4n) is 4.22. The van der Waals surface area contributed by atoms with E-state index >= 15 is 0 Å². The van der Waals surface area contributed by atoms with Crippen LogP contribution in [-0.2, 0) is 15.8 Å². The summed E-state index contributed by atoms with van der Waals surface area (Å²) in [6.07, 6.45) is 1.73. The number of hydrogen-bond acceptors (Lipinski definition) is 8. The van der Waals surface area contributed by atoms with Crippen LogP contribution in [0.3, 0.4) is 0 Å². The van der Waals surface area contributed by atoms with Crippen molar-refractivity contribution in [2.24, 2.45) is 5.14 Å². The molecule has 10 nitrogen and oxygen atoms in total. The zero-order chi connectivity index (χ0) is 25.3. The molecule has 0 aliphatic carbocycles. The van der Waals surface area contributed by atoms with E-state index in [4.69, 9.17) is 5.14 Å². The molecule has 1 aliphatic rings. The number of para-hydroxylation sites is 1. The van der Waals surface area contributed by atoms with Crippen molar-refractivity contribution in [3.05, 3.63) is 66.1 Å². The van der Waals surface area contributed by atoms with Gasteiger partial charge in [0.2, 0.25) is 16.0 Å². The van der Waals surface area contributed by atoms with Gasteiger partial charge in [-0.05, 0) is 42.9 Å². The highest BCUT2D eigenvalue weighted by molar-refractivity contribution is 7.88. The molecule has 0 atom stereocenters. The van der Waals surface area contributed by atoms with Crippen LogP contribution in [0.4, 0.5) is 33.2 Å². The first-order valence-corrected chi connectivity index (χ1v) is 13.2. The van der Waals surface area contributed by atoms with Crippen molar-refractivity contribution in [2.45, 2.75) is 5.75 Å². The van der Waals surface area contributed by atoms with Gasteiger partial charge in [0.05, 0.1) is 16.8 Å². The number of aromatic nitrogens is 3. The molecular formula is C24H27FN8O2S. The molecule has 5 rings (SSSR count).